The number of hydrogen-bond acceptors (Lipinski definition) is 3. The number of rotatable bonds is 3. The molecule has 0 bridgehead atoms. The molecule has 0 fully saturated rings. The van der Waals surface area contributed by atoms with Gasteiger partial charge in [-0.3, -0.25) is 4.98 Å². The molecule has 3 aromatic rings. The molecule has 90 valence electrons. The second-order valence-corrected chi connectivity index (χ2v) is 4.91. The van der Waals surface area contributed by atoms with Crippen LogP contribution in [-0.2, 0) is 6.54 Å². The maximum atomic E-state index is 13.0. The molecular weight excluding hydrogens is 247 g/mol. The van der Waals surface area contributed by atoms with Gasteiger partial charge in [0, 0.05) is 17.3 Å². The first-order valence-corrected chi connectivity index (χ1v) is 6.50. The van der Waals surface area contributed by atoms with E-state index in [9.17, 15) is 4.39 Å². The molecule has 0 aliphatic rings. The number of anilines is 1. The Bertz CT molecular complexity index is 678. The van der Waals surface area contributed by atoms with Crippen molar-refractivity contribution in [2.24, 2.45) is 0 Å². The van der Waals surface area contributed by atoms with Gasteiger partial charge in [-0.15, -0.1) is 11.3 Å². The maximum Gasteiger partial charge on any atom is 0.143 e. The predicted octanol–water partition coefficient (Wildman–Crippen LogP) is 4.05. The quantitative estimate of drug-likeness (QED) is 0.766. The molecule has 0 spiro atoms. The summed E-state index contributed by atoms with van der Waals surface area (Å²) in [5.41, 5.74) is 1.92. The number of thiophene rings is 1. The van der Waals surface area contributed by atoms with Gasteiger partial charge in [-0.1, -0.05) is 18.2 Å². The number of hydrogen-bond donors (Lipinski definition) is 1. The third-order valence-corrected chi connectivity index (χ3v) is 3.76. The van der Waals surface area contributed by atoms with Gasteiger partial charge < -0.3 is 5.32 Å². The molecule has 3 rings (SSSR count). The summed E-state index contributed by atoms with van der Waals surface area (Å²) in [4.78, 5) is 3.81. The highest BCUT2D eigenvalue weighted by Crippen LogP contribution is 2.26. The highest BCUT2D eigenvalue weighted by molar-refractivity contribution is 7.17. The van der Waals surface area contributed by atoms with Crippen LogP contribution in [0.4, 0.5) is 10.1 Å². The normalized spacial score (nSPS) is 10.7. The van der Waals surface area contributed by atoms with Crippen LogP contribution in [-0.4, -0.2) is 4.98 Å². The molecule has 1 N–H and O–H groups in total. The molecule has 0 amide bonds. The van der Waals surface area contributed by atoms with E-state index in [2.05, 4.69) is 27.8 Å². The van der Waals surface area contributed by atoms with Gasteiger partial charge in [0.1, 0.15) is 5.82 Å². The van der Waals surface area contributed by atoms with E-state index in [0.717, 1.165) is 0 Å². The smallest absolute Gasteiger partial charge is 0.143 e. The zero-order chi connectivity index (χ0) is 12.4. The van der Waals surface area contributed by atoms with Crippen molar-refractivity contribution in [2.45, 2.75) is 6.54 Å². The minimum atomic E-state index is -0.324. The minimum absolute atomic E-state index is 0.324. The van der Waals surface area contributed by atoms with Gasteiger partial charge in [-0.2, -0.15) is 0 Å². The number of nitrogens with zero attached hydrogens (tertiary/aromatic N) is 1. The van der Waals surface area contributed by atoms with Crippen molar-refractivity contribution in [3.05, 3.63) is 59.5 Å². The van der Waals surface area contributed by atoms with Crippen LogP contribution in [0.1, 0.15) is 5.56 Å². The first-order valence-electron chi connectivity index (χ1n) is 5.62. The number of benzene rings is 1. The lowest BCUT2D eigenvalue weighted by Crippen LogP contribution is -1.99. The van der Waals surface area contributed by atoms with E-state index in [0.29, 0.717) is 12.2 Å². The summed E-state index contributed by atoms with van der Waals surface area (Å²) < 4.78 is 14.3. The molecule has 4 heteroatoms. The summed E-state index contributed by atoms with van der Waals surface area (Å²) in [6, 6.07) is 9.72. The van der Waals surface area contributed by atoms with E-state index in [4.69, 9.17) is 0 Å². The van der Waals surface area contributed by atoms with E-state index in [-0.39, 0.29) is 5.82 Å². The molecule has 0 saturated carbocycles. The predicted molar refractivity (Wildman–Crippen MR) is 73.3 cm³/mol. The lowest BCUT2D eigenvalue weighted by molar-refractivity contribution is 0.622. The van der Waals surface area contributed by atoms with Crippen molar-refractivity contribution in [3.63, 3.8) is 0 Å². The van der Waals surface area contributed by atoms with Crippen molar-refractivity contribution < 1.29 is 4.39 Å². The molecular formula is C14H11FN2S. The van der Waals surface area contributed by atoms with Crippen molar-refractivity contribution >= 4 is 27.1 Å². The molecule has 0 unspecified atom stereocenters. The van der Waals surface area contributed by atoms with Crippen molar-refractivity contribution in [3.8, 4) is 0 Å². The number of fused-ring (bicyclic) bond motifs is 1. The van der Waals surface area contributed by atoms with Crippen LogP contribution < -0.4 is 5.32 Å². The van der Waals surface area contributed by atoms with Crippen LogP contribution in [0.15, 0.2) is 48.1 Å². The Morgan fingerprint density at radius 1 is 1.22 bits per heavy atom. The van der Waals surface area contributed by atoms with Gasteiger partial charge in [0.2, 0.25) is 0 Å². The Morgan fingerprint density at radius 2 is 2.11 bits per heavy atom. The van der Waals surface area contributed by atoms with Crippen LogP contribution in [0.3, 0.4) is 0 Å². The second-order valence-electron chi connectivity index (χ2n) is 4.00. The Labute approximate surface area is 108 Å². The fourth-order valence-electron chi connectivity index (χ4n) is 1.88. The second kappa shape index (κ2) is 4.74. The zero-order valence-corrected chi connectivity index (χ0v) is 10.4. The Balaban J connectivity index is 1.81. The highest BCUT2D eigenvalue weighted by atomic mass is 32.1. The molecule has 2 heterocycles. The molecule has 0 aliphatic carbocycles. The first-order chi connectivity index (χ1) is 8.83. The lowest BCUT2D eigenvalue weighted by Gasteiger charge is -2.05. The third-order valence-electron chi connectivity index (χ3n) is 2.75. The van der Waals surface area contributed by atoms with Gasteiger partial charge in [0.15, 0.2) is 0 Å². The average Bonchev–Trinajstić information content (AvgIpc) is 2.80. The topological polar surface area (TPSA) is 24.9 Å². The molecule has 2 aromatic heterocycles. The zero-order valence-electron chi connectivity index (χ0n) is 9.56. The number of halogens is 1. The summed E-state index contributed by atoms with van der Waals surface area (Å²) in [5.74, 6) is -0.324. The van der Waals surface area contributed by atoms with E-state index >= 15 is 0 Å². The third kappa shape index (κ3) is 2.19. The SMILES string of the molecule is Fc1cncc(NCc2csc3ccccc23)c1. The van der Waals surface area contributed by atoms with Gasteiger partial charge in [0.25, 0.3) is 0 Å². The van der Waals surface area contributed by atoms with Crippen LogP contribution in [0.2, 0.25) is 0 Å². The van der Waals surface area contributed by atoms with Crippen LogP contribution in [0, 0.1) is 5.82 Å². The first kappa shape index (κ1) is 11.2. The fourth-order valence-corrected chi connectivity index (χ4v) is 2.84. The molecule has 0 saturated heterocycles. The number of pyridine rings is 1. The van der Waals surface area contributed by atoms with Crippen LogP contribution in [0.25, 0.3) is 10.1 Å². The summed E-state index contributed by atoms with van der Waals surface area (Å²) in [5, 5.41) is 6.56. The van der Waals surface area contributed by atoms with Gasteiger partial charge in [-0.25, -0.2) is 4.39 Å². The van der Waals surface area contributed by atoms with E-state index in [1.165, 1.54) is 27.9 Å². The summed E-state index contributed by atoms with van der Waals surface area (Å²) in [6.07, 6.45) is 2.82. The maximum absolute atomic E-state index is 13.0. The number of nitrogens with one attached hydrogen (secondary N) is 1. The molecule has 2 nitrogen and oxygen atoms in total. The molecule has 0 aliphatic heterocycles. The average molecular weight is 258 g/mol. The number of aromatic nitrogens is 1. The Hall–Kier alpha value is -1.94. The van der Waals surface area contributed by atoms with Crippen LogP contribution in [0.5, 0.6) is 0 Å². The van der Waals surface area contributed by atoms with E-state index in [1.807, 2.05) is 12.1 Å². The van der Waals surface area contributed by atoms with Crippen molar-refractivity contribution in [1.82, 2.24) is 4.98 Å². The lowest BCUT2D eigenvalue weighted by atomic mass is 10.2. The van der Waals surface area contributed by atoms with Crippen molar-refractivity contribution in [1.29, 1.82) is 0 Å². The standard InChI is InChI=1S/C14H11FN2S/c15-11-5-12(8-16-7-11)17-6-10-9-18-14-4-2-1-3-13(10)14/h1-5,7-9,17H,6H2. The summed E-state index contributed by atoms with van der Waals surface area (Å²) in [7, 11) is 0. The van der Waals surface area contributed by atoms with E-state index < -0.39 is 0 Å². The molecule has 18 heavy (non-hydrogen) atoms. The highest BCUT2D eigenvalue weighted by Gasteiger charge is 2.03. The van der Waals surface area contributed by atoms with Crippen molar-refractivity contribution in [2.75, 3.05) is 5.32 Å². The summed E-state index contributed by atoms with van der Waals surface area (Å²) in [6.45, 7) is 0.676. The monoisotopic (exact) mass is 258 g/mol. The van der Waals surface area contributed by atoms with E-state index in [1.54, 1.807) is 17.5 Å². The van der Waals surface area contributed by atoms with Gasteiger partial charge >= 0.3 is 0 Å². The molecule has 1 aromatic carbocycles. The molecule has 0 radical (unpaired) electrons. The largest absolute Gasteiger partial charge is 0.380 e. The fraction of sp³-hybridized carbons (Fsp3) is 0.0714. The molecule has 0 atom stereocenters. The van der Waals surface area contributed by atoms with Crippen LogP contribution >= 0.6 is 11.3 Å². The Kier molecular flexibility index (Phi) is 2.94. The van der Waals surface area contributed by atoms with Gasteiger partial charge in [-0.05, 0) is 22.4 Å². The minimum Gasteiger partial charge on any atom is -0.380 e. The Morgan fingerprint density at radius 3 is 3.00 bits per heavy atom. The van der Waals surface area contributed by atoms with Gasteiger partial charge in [0.05, 0.1) is 18.1 Å². The summed E-state index contributed by atoms with van der Waals surface area (Å²) >= 11 is 1.72.